The number of ether oxygens (including phenoxy) is 1. The van der Waals surface area contributed by atoms with Crippen molar-refractivity contribution in [1.82, 2.24) is 4.98 Å². The van der Waals surface area contributed by atoms with Crippen LogP contribution < -0.4 is 10.5 Å². The lowest BCUT2D eigenvalue weighted by atomic mass is 10.0. The van der Waals surface area contributed by atoms with Gasteiger partial charge in [0.15, 0.2) is 11.7 Å². The normalized spacial score (nSPS) is 14.6. The second-order valence-electron chi connectivity index (χ2n) is 6.62. The zero-order chi connectivity index (χ0) is 19.8. The first kappa shape index (κ1) is 20.8. The molecule has 8 heteroatoms. The van der Waals surface area contributed by atoms with Crippen LogP contribution in [0.5, 0.6) is 5.75 Å². The van der Waals surface area contributed by atoms with E-state index in [2.05, 4.69) is 4.98 Å². The number of aryl methyl sites for hydroxylation is 1. The molecule has 1 aromatic heterocycles. The number of aromatic nitrogens is 1. The standard InChI is InChI=1S/C21H17FN4O2.HI.H2/c1-11-26-10-19(27-11)21(25)16-8-13(3-6-17(16)24)28-18-7-5-15-14(18)4-2-12(9-23)20(15)22;;/h2-4,6,8,10,18,25H,5,7,24H2,1H3;2*1H/t18-;;/m1../s1. The Morgan fingerprint density at radius 3 is 2.90 bits per heavy atom. The Morgan fingerprint density at radius 2 is 2.21 bits per heavy atom. The van der Waals surface area contributed by atoms with Gasteiger partial charge in [-0.1, -0.05) is 6.07 Å². The minimum Gasteiger partial charge on any atom is -0.486 e. The Balaban J connectivity index is 0.00000160. The fourth-order valence-corrected chi connectivity index (χ4v) is 3.43. The van der Waals surface area contributed by atoms with E-state index in [9.17, 15) is 4.39 Å². The molecule has 1 aliphatic carbocycles. The first-order valence-corrected chi connectivity index (χ1v) is 8.77. The molecule has 0 fully saturated rings. The van der Waals surface area contributed by atoms with Crippen molar-refractivity contribution in [2.45, 2.75) is 25.9 Å². The molecule has 4 rings (SSSR count). The van der Waals surface area contributed by atoms with Crippen molar-refractivity contribution in [2.75, 3.05) is 5.73 Å². The predicted molar refractivity (Wildman–Crippen MR) is 118 cm³/mol. The Morgan fingerprint density at radius 1 is 1.41 bits per heavy atom. The molecule has 1 aliphatic rings. The van der Waals surface area contributed by atoms with Gasteiger partial charge in [0.05, 0.1) is 11.8 Å². The molecule has 0 saturated heterocycles. The lowest BCUT2D eigenvalue weighted by Gasteiger charge is -2.16. The molecule has 0 aliphatic heterocycles. The second-order valence-corrected chi connectivity index (χ2v) is 6.62. The third-order valence-electron chi connectivity index (χ3n) is 4.84. The van der Waals surface area contributed by atoms with Gasteiger partial charge in [0, 0.05) is 19.6 Å². The molecule has 0 spiro atoms. The molecular weight excluding hydrogens is 486 g/mol. The van der Waals surface area contributed by atoms with Gasteiger partial charge in [0.1, 0.15) is 29.5 Å². The van der Waals surface area contributed by atoms with Crippen LogP contribution in [-0.4, -0.2) is 10.7 Å². The van der Waals surface area contributed by atoms with Crippen LogP contribution in [0.25, 0.3) is 0 Å². The number of nitrogen functional groups attached to an aromatic ring is 1. The van der Waals surface area contributed by atoms with E-state index < -0.39 is 5.82 Å². The summed E-state index contributed by atoms with van der Waals surface area (Å²) in [5, 5.41) is 17.3. The van der Waals surface area contributed by atoms with Gasteiger partial charge in [-0.3, -0.25) is 5.41 Å². The second kappa shape index (κ2) is 8.21. The van der Waals surface area contributed by atoms with Crippen LogP contribution in [0.15, 0.2) is 40.9 Å². The predicted octanol–water partition coefficient (Wildman–Crippen LogP) is 4.92. The number of fused-ring (bicyclic) bond motifs is 1. The average molecular weight is 506 g/mol. The number of oxazole rings is 1. The fraction of sp³-hybridized carbons (Fsp3) is 0.190. The largest absolute Gasteiger partial charge is 0.486 e. The summed E-state index contributed by atoms with van der Waals surface area (Å²) in [6.45, 7) is 1.70. The van der Waals surface area contributed by atoms with Crippen LogP contribution in [0, 0.1) is 29.5 Å². The molecular formula is C21H20FIN4O2. The van der Waals surface area contributed by atoms with Gasteiger partial charge in [0.25, 0.3) is 0 Å². The first-order chi connectivity index (χ1) is 13.5. The van der Waals surface area contributed by atoms with E-state index in [1.54, 1.807) is 31.2 Å². The fourth-order valence-electron chi connectivity index (χ4n) is 3.43. The summed E-state index contributed by atoms with van der Waals surface area (Å²) >= 11 is 0. The van der Waals surface area contributed by atoms with Crippen molar-refractivity contribution in [2.24, 2.45) is 0 Å². The summed E-state index contributed by atoms with van der Waals surface area (Å²) < 4.78 is 25.8. The molecule has 150 valence electrons. The zero-order valence-electron chi connectivity index (χ0n) is 15.5. The minimum absolute atomic E-state index is 0. The Kier molecular flexibility index (Phi) is 5.88. The molecule has 6 nitrogen and oxygen atoms in total. The molecule has 0 bridgehead atoms. The van der Waals surface area contributed by atoms with Crippen molar-refractivity contribution in [3.8, 4) is 11.8 Å². The number of nitrogens with zero attached hydrogens (tertiary/aromatic N) is 2. The number of rotatable bonds is 4. The van der Waals surface area contributed by atoms with Gasteiger partial charge in [-0.25, -0.2) is 9.37 Å². The molecule has 0 radical (unpaired) electrons. The summed E-state index contributed by atoms with van der Waals surface area (Å²) in [7, 11) is 0. The average Bonchev–Trinajstić information content (AvgIpc) is 3.30. The Labute approximate surface area is 185 Å². The monoisotopic (exact) mass is 506 g/mol. The van der Waals surface area contributed by atoms with Gasteiger partial charge in [0.2, 0.25) is 0 Å². The van der Waals surface area contributed by atoms with E-state index in [0.29, 0.717) is 47.1 Å². The van der Waals surface area contributed by atoms with Gasteiger partial charge >= 0.3 is 0 Å². The Hall–Kier alpha value is -2.93. The first-order valence-electron chi connectivity index (χ1n) is 8.77. The molecule has 3 N–H and O–H groups in total. The maximum Gasteiger partial charge on any atom is 0.191 e. The van der Waals surface area contributed by atoms with E-state index in [1.807, 2.05) is 6.07 Å². The number of anilines is 1. The summed E-state index contributed by atoms with van der Waals surface area (Å²) in [4.78, 5) is 4.01. The number of nitrogens with one attached hydrogen (secondary N) is 1. The Bertz CT molecular complexity index is 1140. The van der Waals surface area contributed by atoms with Crippen molar-refractivity contribution in [3.05, 3.63) is 76.3 Å². The third kappa shape index (κ3) is 3.82. The van der Waals surface area contributed by atoms with E-state index in [0.717, 1.165) is 5.56 Å². The molecule has 3 aromatic rings. The van der Waals surface area contributed by atoms with Crippen LogP contribution in [0.1, 0.15) is 47.9 Å². The number of nitriles is 1. The molecule has 29 heavy (non-hydrogen) atoms. The van der Waals surface area contributed by atoms with E-state index >= 15 is 0 Å². The minimum atomic E-state index is -0.466. The molecule has 0 unspecified atom stereocenters. The maximum atomic E-state index is 14.4. The zero-order valence-corrected chi connectivity index (χ0v) is 17.9. The van der Waals surface area contributed by atoms with Crippen LogP contribution >= 0.6 is 24.0 Å². The molecule has 1 atom stereocenters. The van der Waals surface area contributed by atoms with E-state index in [4.69, 9.17) is 25.6 Å². The number of nitrogens with two attached hydrogens (primary N) is 1. The third-order valence-corrected chi connectivity index (χ3v) is 4.84. The summed E-state index contributed by atoms with van der Waals surface area (Å²) in [5.74, 6) is 0.838. The van der Waals surface area contributed by atoms with Crippen molar-refractivity contribution < 1.29 is 15.0 Å². The molecule has 0 saturated carbocycles. The van der Waals surface area contributed by atoms with Gasteiger partial charge in [-0.05, 0) is 48.2 Å². The highest BCUT2D eigenvalue weighted by atomic mass is 127. The van der Waals surface area contributed by atoms with Crippen LogP contribution in [0.3, 0.4) is 0 Å². The maximum absolute atomic E-state index is 14.4. The van der Waals surface area contributed by atoms with Crippen LogP contribution in [-0.2, 0) is 6.42 Å². The van der Waals surface area contributed by atoms with Crippen LogP contribution in [0.2, 0.25) is 0 Å². The lowest BCUT2D eigenvalue weighted by molar-refractivity contribution is 0.207. The summed E-state index contributed by atoms with van der Waals surface area (Å²) in [5.41, 5.74) is 8.36. The highest BCUT2D eigenvalue weighted by Crippen LogP contribution is 2.37. The topological polar surface area (TPSA) is 109 Å². The number of benzene rings is 2. The SMILES string of the molecule is Cc1ncc(C(=N)c2cc(O[C@@H]3CCc4c3ccc(C#N)c4F)ccc2N)o1.I.[HH]. The smallest absolute Gasteiger partial charge is 0.191 e. The van der Waals surface area contributed by atoms with E-state index in [1.165, 1.54) is 12.3 Å². The molecule has 1 heterocycles. The lowest BCUT2D eigenvalue weighted by Crippen LogP contribution is -2.08. The summed E-state index contributed by atoms with van der Waals surface area (Å²) in [6.07, 6.45) is 2.28. The molecule has 0 amide bonds. The molecule has 2 aromatic carbocycles. The number of hydrogen-bond donors (Lipinski definition) is 2. The van der Waals surface area contributed by atoms with Gasteiger partial charge in [-0.15, -0.1) is 24.0 Å². The van der Waals surface area contributed by atoms with E-state index in [-0.39, 0.29) is 42.8 Å². The quantitative estimate of drug-likeness (QED) is 0.297. The van der Waals surface area contributed by atoms with Crippen LogP contribution in [0.4, 0.5) is 10.1 Å². The highest BCUT2D eigenvalue weighted by Gasteiger charge is 2.28. The van der Waals surface area contributed by atoms with Gasteiger partial charge in [-0.2, -0.15) is 5.26 Å². The van der Waals surface area contributed by atoms with Gasteiger partial charge < -0.3 is 14.9 Å². The van der Waals surface area contributed by atoms with Crippen molar-refractivity contribution >= 4 is 35.4 Å². The number of halogens is 2. The van der Waals surface area contributed by atoms with Crippen molar-refractivity contribution in [3.63, 3.8) is 0 Å². The number of hydrogen-bond acceptors (Lipinski definition) is 6. The van der Waals surface area contributed by atoms with Crippen molar-refractivity contribution in [1.29, 1.82) is 10.7 Å². The summed E-state index contributed by atoms with van der Waals surface area (Å²) in [6, 6.07) is 10.1. The highest BCUT2D eigenvalue weighted by molar-refractivity contribution is 14.0.